The maximum Gasteiger partial charge on any atom is 0.201 e. The predicted octanol–water partition coefficient (Wildman–Crippen LogP) is 6.72. The molecule has 0 amide bonds. The van der Waals surface area contributed by atoms with Gasteiger partial charge in [0.2, 0.25) is 5.79 Å². The lowest BCUT2D eigenvalue weighted by Crippen LogP contribution is -2.70. The van der Waals surface area contributed by atoms with Gasteiger partial charge in [0.25, 0.3) is 0 Å². The molecule has 8 rings (SSSR count). The standard InChI is InChI=1S/C30H34O5/c1-18-12-13-26-19(2)27(32-28-30(26)25(18)14-15-29(3,33-28)34-35-30)31-17-24-22-10-6-4-8-20(22)16-21-9-5-7-11-23(21)24/h4-11,16,18-19,25-28H,12-15,17H2,1-3H3/t18-,19-,25+,26+,27+,28-,29+,30-/m1/s1. The highest BCUT2D eigenvalue weighted by atomic mass is 17.3. The topological polar surface area (TPSA) is 46.2 Å². The van der Waals surface area contributed by atoms with Gasteiger partial charge in [-0.3, -0.25) is 0 Å². The minimum Gasteiger partial charge on any atom is -0.348 e. The van der Waals surface area contributed by atoms with Crippen molar-refractivity contribution in [3.63, 3.8) is 0 Å². The van der Waals surface area contributed by atoms with E-state index in [1.165, 1.54) is 33.5 Å². The van der Waals surface area contributed by atoms with Gasteiger partial charge in [-0.05, 0) is 71.2 Å². The van der Waals surface area contributed by atoms with Gasteiger partial charge in [0.15, 0.2) is 18.2 Å². The molecule has 4 aliphatic heterocycles. The van der Waals surface area contributed by atoms with E-state index in [0.29, 0.717) is 18.4 Å². The lowest BCUT2D eigenvalue weighted by Gasteiger charge is -2.60. The minimum atomic E-state index is -0.769. The first-order valence-electron chi connectivity index (χ1n) is 13.2. The van der Waals surface area contributed by atoms with Crippen molar-refractivity contribution in [3.05, 3.63) is 60.2 Å². The van der Waals surface area contributed by atoms with E-state index in [9.17, 15) is 0 Å². The second-order valence-electron chi connectivity index (χ2n) is 11.4. The Kier molecular flexibility index (Phi) is 5.07. The molecule has 0 radical (unpaired) electrons. The molecule has 1 spiro atoms. The molecular formula is C30H34O5. The quantitative estimate of drug-likeness (QED) is 0.312. The Morgan fingerprint density at radius 1 is 0.886 bits per heavy atom. The number of fused-ring (bicyclic) bond motifs is 4. The van der Waals surface area contributed by atoms with Crippen LogP contribution in [0.15, 0.2) is 54.6 Å². The average molecular weight is 475 g/mol. The fourth-order valence-electron chi connectivity index (χ4n) is 7.49. The van der Waals surface area contributed by atoms with E-state index in [0.717, 1.165) is 19.3 Å². The second-order valence-corrected chi connectivity index (χ2v) is 11.4. The summed E-state index contributed by atoms with van der Waals surface area (Å²) in [5, 5.41) is 4.92. The summed E-state index contributed by atoms with van der Waals surface area (Å²) in [6.45, 7) is 7.04. The van der Waals surface area contributed by atoms with Gasteiger partial charge < -0.3 is 14.2 Å². The Morgan fingerprint density at radius 3 is 2.34 bits per heavy atom. The van der Waals surface area contributed by atoms with Crippen LogP contribution in [0.1, 0.15) is 52.0 Å². The van der Waals surface area contributed by atoms with Crippen molar-refractivity contribution in [2.75, 3.05) is 0 Å². The molecule has 5 nitrogen and oxygen atoms in total. The Bertz CT molecular complexity index is 1220. The highest BCUT2D eigenvalue weighted by Gasteiger charge is 2.69. The number of hydrogen-bond acceptors (Lipinski definition) is 5. The first-order chi connectivity index (χ1) is 17.0. The number of benzene rings is 3. The smallest absolute Gasteiger partial charge is 0.201 e. The van der Waals surface area contributed by atoms with Crippen molar-refractivity contribution in [2.45, 2.75) is 77.0 Å². The van der Waals surface area contributed by atoms with Gasteiger partial charge in [-0.25, -0.2) is 9.78 Å². The molecule has 5 aliphatic rings. The average Bonchev–Trinajstić information content (AvgIpc) is 3.10. The maximum atomic E-state index is 6.65. The molecule has 3 aromatic carbocycles. The second kappa shape index (κ2) is 7.99. The zero-order chi connectivity index (χ0) is 23.8. The SMILES string of the molecule is C[C@H]1[C@@H](OCc2c3ccccc3cc3ccccc23)O[C@@H]2O[C@]3(C)CC[C@H]4[C@H](C)CC[C@@H]1[C@@]24OO3. The molecule has 0 aromatic heterocycles. The molecule has 35 heavy (non-hydrogen) atoms. The van der Waals surface area contributed by atoms with Gasteiger partial charge in [-0.1, -0.05) is 62.4 Å². The highest BCUT2D eigenvalue weighted by molar-refractivity contribution is 6.02. The lowest BCUT2D eigenvalue weighted by atomic mass is 9.58. The van der Waals surface area contributed by atoms with Crippen LogP contribution < -0.4 is 0 Å². The van der Waals surface area contributed by atoms with Gasteiger partial charge in [0.1, 0.15) is 0 Å². The normalized spacial score (nSPS) is 40.5. The Morgan fingerprint density at radius 2 is 1.60 bits per heavy atom. The minimum absolute atomic E-state index is 0.164. The van der Waals surface area contributed by atoms with Gasteiger partial charge in [-0.15, -0.1) is 0 Å². The third-order valence-corrected chi connectivity index (χ3v) is 9.37. The third kappa shape index (κ3) is 3.25. The monoisotopic (exact) mass is 474 g/mol. The van der Waals surface area contributed by atoms with Crippen LogP contribution in [0.4, 0.5) is 0 Å². The van der Waals surface area contributed by atoms with Gasteiger partial charge >= 0.3 is 0 Å². The molecule has 5 heteroatoms. The zero-order valence-corrected chi connectivity index (χ0v) is 20.7. The van der Waals surface area contributed by atoms with Crippen LogP contribution >= 0.6 is 0 Å². The van der Waals surface area contributed by atoms with Crippen molar-refractivity contribution >= 4 is 21.5 Å². The number of rotatable bonds is 3. The van der Waals surface area contributed by atoms with Crippen LogP contribution in [0.2, 0.25) is 0 Å². The molecule has 3 aromatic rings. The predicted molar refractivity (Wildman–Crippen MR) is 133 cm³/mol. The van der Waals surface area contributed by atoms with Crippen LogP contribution in [0.5, 0.6) is 0 Å². The molecule has 1 aliphatic carbocycles. The van der Waals surface area contributed by atoms with Crippen LogP contribution in [-0.2, 0) is 30.6 Å². The fourth-order valence-corrected chi connectivity index (χ4v) is 7.49. The Balaban J connectivity index is 1.23. The summed E-state index contributed by atoms with van der Waals surface area (Å²) in [4.78, 5) is 12.2. The molecule has 4 saturated heterocycles. The first-order valence-corrected chi connectivity index (χ1v) is 13.2. The van der Waals surface area contributed by atoms with E-state index < -0.39 is 17.7 Å². The molecule has 0 unspecified atom stereocenters. The van der Waals surface area contributed by atoms with Crippen LogP contribution in [0.3, 0.4) is 0 Å². The van der Waals surface area contributed by atoms with E-state index >= 15 is 0 Å². The van der Waals surface area contributed by atoms with E-state index in [4.69, 9.17) is 24.0 Å². The van der Waals surface area contributed by atoms with Crippen LogP contribution in [0.25, 0.3) is 21.5 Å². The summed E-state index contributed by atoms with van der Waals surface area (Å²) in [5.74, 6) is 0.573. The maximum absolute atomic E-state index is 6.65. The largest absolute Gasteiger partial charge is 0.348 e. The molecule has 2 bridgehead atoms. The first kappa shape index (κ1) is 22.2. The van der Waals surface area contributed by atoms with E-state index in [2.05, 4.69) is 68.4 Å². The van der Waals surface area contributed by atoms with E-state index in [1.54, 1.807) is 0 Å². The summed E-state index contributed by atoms with van der Waals surface area (Å²) >= 11 is 0. The fraction of sp³-hybridized carbons (Fsp3) is 0.533. The summed E-state index contributed by atoms with van der Waals surface area (Å²) in [7, 11) is 0. The van der Waals surface area contributed by atoms with E-state index in [1.807, 2.05) is 6.92 Å². The van der Waals surface area contributed by atoms with Gasteiger partial charge in [0.05, 0.1) is 6.61 Å². The summed E-state index contributed by atoms with van der Waals surface area (Å²) < 4.78 is 19.8. The molecule has 0 N–H and O–H groups in total. The third-order valence-electron chi connectivity index (χ3n) is 9.37. The lowest BCUT2D eigenvalue weighted by molar-refractivity contribution is -0.577. The van der Waals surface area contributed by atoms with Crippen molar-refractivity contribution in [2.24, 2.45) is 23.7 Å². The summed E-state index contributed by atoms with van der Waals surface area (Å²) in [6, 6.07) is 19.4. The zero-order valence-electron chi connectivity index (χ0n) is 20.7. The molecule has 4 heterocycles. The van der Waals surface area contributed by atoms with Crippen molar-refractivity contribution < 1.29 is 24.0 Å². The van der Waals surface area contributed by atoms with Gasteiger partial charge in [0, 0.05) is 18.3 Å². The van der Waals surface area contributed by atoms with Crippen molar-refractivity contribution in [3.8, 4) is 0 Å². The molecule has 184 valence electrons. The van der Waals surface area contributed by atoms with Gasteiger partial charge in [-0.2, -0.15) is 0 Å². The Labute approximate surface area is 206 Å². The van der Waals surface area contributed by atoms with Crippen LogP contribution in [-0.4, -0.2) is 24.0 Å². The Hall–Kier alpha value is -2.02. The number of ether oxygens (including phenoxy) is 3. The highest BCUT2D eigenvalue weighted by Crippen LogP contribution is 2.60. The van der Waals surface area contributed by atoms with Crippen molar-refractivity contribution in [1.29, 1.82) is 0 Å². The van der Waals surface area contributed by atoms with Crippen molar-refractivity contribution in [1.82, 2.24) is 0 Å². The van der Waals surface area contributed by atoms with E-state index in [-0.39, 0.29) is 18.1 Å². The molecule has 1 saturated carbocycles. The number of hydrogen-bond donors (Lipinski definition) is 0. The summed E-state index contributed by atoms with van der Waals surface area (Å²) in [5.41, 5.74) is 0.652. The summed E-state index contributed by atoms with van der Waals surface area (Å²) in [6.07, 6.45) is 3.27. The molecular weight excluding hydrogens is 440 g/mol. The molecule has 5 fully saturated rings. The van der Waals surface area contributed by atoms with Crippen LogP contribution in [0, 0.1) is 23.7 Å². The molecule has 8 atom stereocenters.